The third-order valence-electron chi connectivity index (χ3n) is 4.20. The van der Waals surface area contributed by atoms with Crippen molar-refractivity contribution < 1.29 is 13.2 Å². The number of amides is 1. The topological polar surface area (TPSA) is 79.4 Å². The van der Waals surface area contributed by atoms with Crippen molar-refractivity contribution in [2.45, 2.75) is 11.8 Å². The molecule has 0 bridgehead atoms. The molecule has 1 N–H and O–H groups in total. The number of pyridine rings is 1. The van der Waals surface area contributed by atoms with Crippen molar-refractivity contribution in [1.29, 1.82) is 0 Å². The number of nitrogens with zero attached hydrogens (tertiary/aromatic N) is 2. The van der Waals surface area contributed by atoms with Crippen LogP contribution in [0.25, 0.3) is 0 Å². The molecule has 25 heavy (non-hydrogen) atoms. The van der Waals surface area contributed by atoms with Crippen molar-refractivity contribution in [2.75, 3.05) is 25.9 Å². The zero-order chi connectivity index (χ0) is 17.9. The van der Waals surface area contributed by atoms with E-state index in [2.05, 4.69) is 10.3 Å². The summed E-state index contributed by atoms with van der Waals surface area (Å²) in [5.74, 6) is -0.0748. The highest BCUT2D eigenvalue weighted by atomic mass is 32.2. The lowest BCUT2D eigenvalue weighted by Crippen LogP contribution is -2.48. The van der Waals surface area contributed by atoms with Crippen LogP contribution in [0.4, 0.5) is 0 Å². The molecule has 1 saturated heterocycles. The Bertz CT molecular complexity index is 836. The van der Waals surface area contributed by atoms with Crippen LogP contribution in [0.15, 0.2) is 48.8 Å². The van der Waals surface area contributed by atoms with Gasteiger partial charge in [0.05, 0.1) is 11.8 Å². The molecule has 2 aromatic rings. The Kier molecular flexibility index (Phi) is 5.15. The largest absolute Gasteiger partial charge is 0.329 e. The summed E-state index contributed by atoms with van der Waals surface area (Å²) in [5.41, 5.74) is 2.24. The standard InChI is InChI=1S/C18H21N3O3S/c1-25(23,24)13-14-4-6-15(7-5-14)18(22)21-10-9-20-12-17(21)16-3-2-8-19-11-16/h2-8,11,17,20H,9-10,12-13H2,1H3. The first-order valence-electron chi connectivity index (χ1n) is 8.12. The Morgan fingerprint density at radius 1 is 1.28 bits per heavy atom. The van der Waals surface area contributed by atoms with E-state index in [4.69, 9.17) is 0 Å². The summed E-state index contributed by atoms with van der Waals surface area (Å²) in [6.07, 6.45) is 4.70. The second-order valence-electron chi connectivity index (χ2n) is 6.27. The van der Waals surface area contributed by atoms with E-state index >= 15 is 0 Å². The second kappa shape index (κ2) is 7.33. The van der Waals surface area contributed by atoms with Gasteiger partial charge in [0.15, 0.2) is 9.84 Å². The number of nitrogens with one attached hydrogen (secondary N) is 1. The van der Waals surface area contributed by atoms with E-state index in [0.29, 0.717) is 24.2 Å². The van der Waals surface area contributed by atoms with E-state index in [9.17, 15) is 13.2 Å². The monoisotopic (exact) mass is 359 g/mol. The molecule has 1 aliphatic rings. The summed E-state index contributed by atoms with van der Waals surface area (Å²) in [6.45, 7) is 2.04. The van der Waals surface area contributed by atoms with Crippen molar-refractivity contribution in [1.82, 2.24) is 15.2 Å². The summed E-state index contributed by atoms with van der Waals surface area (Å²) >= 11 is 0. The maximum Gasteiger partial charge on any atom is 0.254 e. The minimum Gasteiger partial charge on any atom is -0.329 e. The highest BCUT2D eigenvalue weighted by molar-refractivity contribution is 7.89. The number of aromatic nitrogens is 1. The van der Waals surface area contributed by atoms with Crippen LogP contribution >= 0.6 is 0 Å². The Balaban J connectivity index is 1.81. The van der Waals surface area contributed by atoms with E-state index in [1.165, 1.54) is 6.26 Å². The van der Waals surface area contributed by atoms with E-state index < -0.39 is 9.84 Å². The molecular weight excluding hydrogens is 338 g/mol. The molecular formula is C18H21N3O3S. The fourth-order valence-electron chi connectivity index (χ4n) is 3.03. The van der Waals surface area contributed by atoms with Gasteiger partial charge in [-0.05, 0) is 29.3 Å². The van der Waals surface area contributed by atoms with Crippen LogP contribution in [0.1, 0.15) is 27.5 Å². The Labute approximate surface area is 147 Å². The smallest absolute Gasteiger partial charge is 0.254 e. The Hall–Kier alpha value is -2.25. The summed E-state index contributed by atoms with van der Waals surface area (Å²) in [4.78, 5) is 18.9. The van der Waals surface area contributed by atoms with Crippen molar-refractivity contribution >= 4 is 15.7 Å². The lowest BCUT2D eigenvalue weighted by Gasteiger charge is -2.36. The van der Waals surface area contributed by atoms with E-state index in [0.717, 1.165) is 12.1 Å². The van der Waals surface area contributed by atoms with Gasteiger partial charge in [-0.15, -0.1) is 0 Å². The molecule has 1 fully saturated rings. The average Bonchev–Trinajstić information content (AvgIpc) is 2.61. The molecule has 1 atom stereocenters. The predicted octanol–water partition coefficient (Wildman–Crippen LogP) is 1.41. The van der Waals surface area contributed by atoms with Gasteiger partial charge in [0.1, 0.15) is 0 Å². The van der Waals surface area contributed by atoms with Gasteiger partial charge in [0.2, 0.25) is 0 Å². The number of sulfone groups is 1. The Morgan fingerprint density at radius 3 is 2.68 bits per heavy atom. The number of piperazine rings is 1. The van der Waals surface area contributed by atoms with Crippen LogP contribution in [0, 0.1) is 0 Å². The van der Waals surface area contributed by atoms with Crippen molar-refractivity contribution in [3.05, 3.63) is 65.5 Å². The van der Waals surface area contributed by atoms with Gasteiger partial charge in [0.25, 0.3) is 5.91 Å². The van der Waals surface area contributed by atoms with Crippen LogP contribution in [-0.2, 0) is 15.6 Å². The molecule has 1 aromatic heterocycles. The molecule has 1 unspecified atom stereocenters. The zero-order valence-electron chi connectivity index (χ0n) is 14.1. The maximum atomic E-state index is 12.9. The van der Waals surface area contributed by atoms with Gasteiger partial charge in [-0.1, -0.05) is 18.2 Å². The molecule has 0 spiro atoms. The molecule has 2 heterocycles. The first-order valence-corrected chi connectivity index (χ1v) is 10.2. The molecule has 7 heteroatoms. The lowest BCUT2D eigenvalue weighted by molar-refractivity contribution is 0.0634. The lowest BCUT2D eigenvalue weighted by atomic mass is 10.0. The first kappa shape index (κ1) is 17.6. The fourth-order valence-corrected chi connectivity index (χ4v) is 3.83. The van der Waals surface area contributed by atoms with Gasteiger partial charge < -0.3 is 10.2 Å². The molecule has 0 saturated carbocycles. The quantitative estimate of drug-likeness (QED) is 0.893. The molecule has 1 aliphatic heterocycles. The van der Waals surface area contributed by atoms with Gasteiger partial charge in [-0.25, -0.2) is 8.42 Å². The predicted molar refractivity (Wildman–Crippen MR) is 95.9 cm³/mol. The number of carbonyl (C=O) groups excluding carboxylic acids is 1. The van der Waals surface area contributed by atoms with Crippen molar-refractivity contribution in [3.63, 3.8) is 0 Å². The summed E-state index contributed by atoms with van der Waals surface area (Å²) < 4.78 is 22.8. The molecule has 132 valence electrons. The number of rotatable bonds is 4. The summed E-state index contributed by atoms with van der Waals surface area (Å²) in [6, 6.07) is 10.6. The zero-order valence-corrected chi connectivity index (χ0v) is 14.9. The number of benzene rings is 1. The van der Waals surface area contributed by atoms with Crippen LogP contribution in [0.3, 0.4) is 0 Å². The van der Waals surface area contributed by atoms with E-state index in [1.54, 1.807) is 36.7 Å². The highest BCUT2D eigenvalue weighted by Crippen LogP contribution is 2.23. The summed E-state index contributed by atoms with van der Waals surface area (Å²) in [5, 5.41) is 3.32. The minimum atomic E-state index is -3.09. The van der Waals surface area contributed by atoms with Crippen LogP contribution in [0.5, 0.6) is 0 Å². The number of carbonyl (C=O) groups is 1. The second-order valence-corrected chi connectivity index (χ2v) is 8.41. The molecule has 3 rings (SSSR count). The van der Waals surface area contributed by atoms with Crippen molar-refractivity contribution in [3.8, 4) is 0 Å². The molecule has 0 radical (unpaired) electrons. The first-order chi connectivity index (χ1) is 11.9. The van der Waals surface area contributed by atoms with Gasteiger partial charge in [-0.2, -0.15) is 0 Å². The van der Waals surface area contributed by atoms with Crippen molar-refractivity contribution in [2.24, 2.45) is 0 Å². The average molecular weight is 359 g/mol. The van der Waals surface area contributed by atoms with E-state index in [1.807, 2.05) is 17.0 Å². The fraction of sp³-hybridized carbons (Fsp3) is 0.333. The molecule has 1 amide bonds. The third kappa shape index (κ3) is 4.43. The van der Waals surface area contributed by atoms with Crippen LogP contribution < -0.4 is 5.32 Å². The van der Waals surface area contributed by atoms with Crippen LogP contribution in [-0.4, -0.2) is 50.1 Å². The van der Waals surface area contributed by atoms with Gasteiger partial charge in [-0.3, -0.25) is 9.78 Å². The van der Waals surface area contributed by atoms with Crippen LogP contribution in [0.2, 0.25) is 0 Å². The molecule has 1 aromatic carbocycles. The SMILES string of the molecule is CS(=O)(=O)Cc1ccc(C(=O)N2CCNCC2c2cccnc2)cc1. The summed E-state index contributed by atoms with van der Waals surface area (Å²) in [7, 11) is -3.09. The third-order valence-corrected chi connectivity index (χ3v) is 5.06. The highest BCUT2D eigenvalue weighted by Gasteiger charge is 2.28. The molecule has 6 nitrogen and oxygen atoms in total. The van der Waals surface area contributed by atoms with Gasteiger partial charge in [0, 0.05) is 43.8 Å². The van der Waals surface area contributed by atoms with E-state index in [-0.39, 0.29) is 17.7 Å². The Morgan fingerprint density at radius 2 is 2.04 bits per heavy atom. The normalized spacial score (nSPS) is 18.1. The maximum absolute atomic E-state index is 12.9. The number of hydrogen-bond acceptors (Lipinski definition) is 5. The van der Waals surface area contributed by atoms with Gasteiger partial charge >= 0.3 is 0 Å². The minimum absolute atomic E-state index is 0.0204. The number of hydrogen-bond donors (Lipinski definition) is 1. The molecule has 0 aliphatic carbocycles.